The lowest BCUT2D eigenvalue weighted by Gasteiger charge is -2.30. The summed E-state index contributed by atoms with van der Waals surface area (Å²) in [5.74, 6) is -1.64. The lowest BCUT2D eigenvalue weighted by Crippen LogP contribution is -2.49. The fourth-order valence-corrected chi connectivity index (χ4v) is 4.92. The Kier molecular flexibility index (Phi) is 11.5. The highest BCUT2D eigenvalue weighted by Crippen LogP contribution is 2.30. The maximum absolute atomic E-state index is 14.9. The number of ether oxygens (including phenoxy) is 2. The summed E-state index contributed by atoms with van der Waals surface area (Å²) in [6.45, 7) is -1.22. The molecule has 1 unspecified atom stereocenters. The van der Waals surface area contributed by atoms with Crippen LogP contribution in [0.4, 0.5) is 28.0 Å². The van der Waals surface area contributed by atoms with Crippen LogP contribution in [0.15, 0.2) is 67.0 Å². The van der Waals surface area contributed by atoms with E-state index in [2.05, 4.69) is 15.6 Å². The maximum atomic E-state index is 14.9. The second-order valence-corrected chi connectivity index (χ2v) is 10.7. The average Bonchev–Trinajstić information content (AvgIpc) is 3.00. The molecule has 0 saturated carbocycles. The summed E-state index contributed by atoms with van der Waals surface area (Å²) in [6.07, 6.45) is -3.06. The molecule has 0 spiro atoms. The van der Waals surface area contributed by atoms with E-state index in [9.17, 15) is 27.2 Å². The highest BCUT2D eigenvalue weighted by atomic mass is 35.5. The van der Waals surface area contributed by atoms with Crippen molar-refractivity contribution in [1.29, 1.82) is 0 Å². The number of rotatable bonds is 11. The predicted molar refractivity (Wildman–Crippen MR) is 156 cm³/mol. The van der Waals surface area contributed by atoms with Gasteiger partial charge in [-0.05, 0) is 36.1 Å². The van der Waals surface area contributed by atoms with Gasteiger partial charge in [0, 0.05) is 23.0 Å². The lowest BCUT2D eigenvalue weighted by atomic mass is 9.85. The molecule has 1 aliphatic rings. The number of aromatic nitrogens is 1. The largest absolute Gasteiger partial charge is 0.448 e. The van der Waals surface area contributed by atoms with Crippen LogP contribution in [-0.2, 0) is 20.7 Å². The van der Waals surface area contributed by atoms with E-state index in [1.54, 1.807) is 29.6 Å². The Hall–Kier alpha value is -3.78. The van der Waals surface area contributed by atoms with Crippen molar-refractivity contribution in [1.82, 2.24) is 15.6 Å². The van der Waals surface area contributed by atoms with Crippen molar-refractivity contribution in [3.05, 3.63) is 94.5 Å². The predicted octanol–water partition coefficient (Wildman–Crippen LogP) is 4.55. The zero-order valence-electron chi connectivity index (χ0n) is 23.5. The van der Waals surface area contributed by atoms with E-state index < -0.39 is 48.5 Å². The standard InChI is InChI=1S/C30H32ClF4N5O4/c31-20-8-6-19(7-9-20)26(18-4-2-1-3-5-18)27(36)28(41)40-25-14-37-13-24(32)23(25)11-10-22-12-38-21(15-43-22)16-44-29(42)39-17-30(33,34)35/h1-9,13-14,21-22,26-27,38H,10-12,15-17,36H2,(H,39,42)(H,40,41)/t21-,22?,26+,27-/m0/s1. The number of carbonyl (C=O) groups is 2. The monoisotopic (exact) mass is 637 g/mol. The number of nitrogens with zero attached hydrogens (tertiary/aromatic N) is 1. The smallest absolute Gasteiger partial charge is 0.407 e. The van der Waals surface area contributed by atoms with Crippen molar-refractivity contribution in [2.75, 3.05) is 31.6 Å². The second-order valence-electron chi connectivity index (χ2n) is 10.3. The number of nitrogens with one attached hydrogen (secondary N) is 3. The Morgan fingerprint density at radius 1 is 1.11 bits per heavy atom. The van der Waals surface area contributed by atoms with Gasteiger partial charge in [-0.3, -0.25) is 9.78 Å². The first kappa shape index (κ1) is 33.1. The topological polar surface area (TPSA) is 128 Å². The van der Waals surface area contributed by atoms with Crippen molar-refractivity contribution < 1.29 is 36.6 Å². The number of amides is 2. The van der Waals surface area contributed by atoms with Crippen LogP contribution in [-0.4, -0.2) is 67.7 Å². The van der Waals surface area contributed by atoms with E-state index >= 15 is 0 Å². The van der Waals surface area contributed by atoms with Crippen molar-refractivity contribution in [3.8, 4) is 0 Å². The van der Waals surface area contributed by atoms with Gasteiger partial charge in [0.2, 0.25) is 5.91 Å². The number of alkyl halides is 3. The first-order valence-corrected chi connectivity index (χ1v) is 14.2. The van der Waals surface area contributed by atoms with E-state index in [0.717, 1.165) is 17.3 Å². The van der Waals surface area contributed by atoms with Gasteiger partial charge < -0.3 is 31.2 Å². The molecule has 4 atom stereocenters. The molecule has 44 heavy (non-hydrogen) atoms. The molecule has 1 fully saturated rings. The number of benzene rings is 2. The maximum Gasteiger partial charge on any atom is 0.407 e. The summed E-state index contributed by atoms with van der Waals surface area (Å²) in [6, 6.07) is 14.9. The normalized spacial score (nSPS) is 18.2. The van der Waals surface area contributed by atoms with Crippen LogP contribution < -0.4 is 21.7 Å². The van der Waals surface area contributed by atoms with Crippen LogP contribution in [0.25, 0.3) is 0 Å². The first-order valence-electron chi connectivity index (χ1n) is 13.8. The molecule has 1 aliphatic heterocycles. The third-order valence-electron chi connectivity index (χ3n) is 7.04. The van der Waals surface area contributed by atoms with Gasteiger partial charge in [-0.15, -0.1) is 0 Å². The van der Waals surface area contributed by atoms with E-state index in [1.165, 1.54) is 6.20 Å². The van der Waals surface area contributed by atoms with Crippen LogP contribution in [0.1, 0.15) is 29.0 Å². The Labute approximate surface area is 256 Å². The molecule has 2 heterocycles. The molecule has 14 heteroatoms. The molecule has 2 aromatic carbocycles. The molecule has 2 amide bonds. The van der Waals surface area contributed by atoms with Crippen molar-refractivity contribution in [2.24, 2.45) is 5.73 Å². The Balaban J connectivity index is 1.34. The summed E-state index contributed by atoms with van der Waals surface area (Å²) in [5.41, 5.74) is 8.54. The molecular formula is C30H32ClF4N5O4. The number of hydrogen-bond donors (Lipinski definition) is 4. The minimum absolute atomic E-state index is 0.125. The molecule has 5 N–H and O–H groups in total. The fraction of sp³-hybridized carbons (Fsp3) is 0.367. The van der Waals surface area contributed by atoms with Crippen LogP contribution in [0.3, 0.4) is 0 Å². The Bertz CT molecular complexity index is 1390. The third-order valence-corrected chi connectivity index (χ3v) is 7.30. The molecule has 1 saturated heterocycles. The van der Waals surface area contributed by atoms with Gasteiger partial charge in [-0.2, -0.15) is 13.2 Å². The van der Waals surface area contributed by atoms with Crippen LogP contribution in [0.2, 0.25) is 5.02 Å². The number of anilines is 1. The Morgan fingerprint density at radius 3 is 2.48 bits per heavy atom. The van der Waals surface area contributed by atoms with Crippen molar-refractivity contribution in [3.63, 3.8) is 0 Å². The molecule has 3 aromatic rings. The first-order chi connectivity index (χ1) is 21.0. The quantitative estimate of drug-likeness (QED) is 0.227. The van der Waals surface area contributed by atoms with Gasteiger partial charge in [0.05, 0.1) is 42.9 Å². The highest BCUT2D eigenvalue weighted by Gasteiger charge is 2.30. The number of nitrogens with two attached hydrogens (primary N) is 1. The van der Waals surface area contributed by atoms with E-state index in [1.807, 2.05) is 30.3 Å². The van der Waals surface area contributed by atoms with Crippen LogP contribution in [0.5, 0.6) is 0 Å². The molecule has 4 rings (SSSR count). The van der Waals surface area contributed by atoms with Gasteiger partial charge >= 0.3 is 12.3 Å². The number of hydrogen-bond acceptors (Lipinski definition) is 7. The van der Waals surface area contributed by atoms with Gasteiger partial charge in [0.25, 0.3) is 0 Å². The SMILES string of the molecule is N[C@H](C(=O)Nc1cncc(F)c1CCC1CN[C@H](COC(=O)NCC(F)(F)F)CO1)[C@H](c1ccccc1)c1ccc(Cl)cc1. The number of pyridine rings is 1. The third kappa shape index (κ3) is 9.61. The molecule has 1 aromatic heterocycles. The minimum Gasteiger partial charge on any atom is -0.448 e. The molecular weight excluding hydrogens is 606 g/mol. The summed E-state index contributed by atoms with van der Waals surface area (Å²) in [7, 11) is 0. The van der Waals surface area contributed by atoms with E-state index in [4.69, 9.17) is 26.8 Å². The molecule has 0 aliphatic carbocycles. The summed E-state index contributed by atoms with van der Waals surface area (Å²) in [4.78, 5) is 28.8. The Morgan fingerprint density at radius 2 is 1.82 bits per heavy atom. The van der Waals surface area contributed by atoms with Crippen molar-refractivity contribution >= 4 is 29.3 Å². The molecule has 0 radical (unpaired) electrons. The van der Waals surface area contributed by atoms with Gasteiger partial charge in [0.1, 0.15) is 19.0 Å². The second kappa shape index (κ2) is 15.3. The highest BCUT2D eigenvalue weighted by molar-refractivity contribution is 6.30. The van der Waals surface area contributed by atoms with Gasteiger partial charge in [-0.25, -0.2) is 9.18 Å². The van der Waals surface area contributed by atoms with Gasteiger partial charge in [0.15, 0.2) is 0 Å². The van der Waals surface area contributed by atoms with Gasteiger partial charge in [-0.1, -0.05) is 54.1 Å². The summed E-state index contributed by atoms with van der Waals surface area (Å²) >= 11 is 6.07. The van der Waals surface area contributed by atoms with Crippen LogP contribution in [0, 0.1) is 5.82 Å². The fourth-order valence-electron chi connectivity index (χ4n) is 4.79. The van der Waals surface area contributed by atoms with E-state index in [0.29, 0.717) is 18.0 Å². The minimum atomic E-state index is -4.54. The lowest BCUT2D eigenvalue weighted by molar-refractivity contribution is -0.124. The number of carbonyl (C=O) groups excluding carboxylic acids is 2. The molecule has 0 bridgehead atoms. The number of halogens is 5. The molecule has 9 nitrogen and oxygen atoms in total. The average molecular weight is 638 g/mol. The van der Waals surface area contributed by atoms with Crippen LogP contribution >= 0.6 is 11.6 Å². The zero-order valence-corrected chi connectivity index (χ0v) is 24.2. The zero-order chi connectivity index (χ0) is 31.7. The number of morpholine rings is 1. The summed E-state index contributed by atoms with van der Waals surface area (Å²) < 4.78 is 62.1. The van der Waals surface area contributed by atoms with E-state index in [-0.39, 0.29) is 37.0 Å². The molecule has 236 valence electrons. The summed E-state index contributed by atoms with van der Waals surface area (Å²) in [5, 5.41) is 8.02. The number of alkyl carbamates (subject to hydrolysis) is 1. The van der Waals surface area contributed by atoms with Crippen molar-refractivity contribution in [2.45, 2.75) is 43.1 Å².